The number of likely N-dealkylation sites (N-methyl/N-ethyl adjacent to an activating group) is 1. The lowest BCUT2D eigenvalue weighted by molar-refractivity contribution is -0.144. The summed E-state index contributed by atoms with van der Waals surface area (Å²) in [5.41, 5.74) is 5.59. The lowest BCUT2D eigenvalue weighted by Crippen LogP contribution is -2.45. The van der Waals surface area contributed by atoms with E-state index in [4.69, 9.17) is 14.5 Å². The maximum Gasteiger partial charge on any atom is 0.325 e. The summed E-state index contributed by atoms with van der Waals surface area (Å²) >= 11 is 0. The van der Waals surface area contributed by atoms with Crippen LogP contribution in [-0.2, 0) is 37.3 Å². The van der Waals surface area contributed by atoms with E-state index < -0.39 is 17.4 Å². The highest BCUT2D eigenvalue weighted by Gasteiger charge is 2.62. The number of anilines is 2. The molecule has 7 rings (SSSR count). The Hall–Kier alpha value is -3.01. The molecule has 2 aliphatic carbocycles. The summed E-state index contributed by atoms with van der Waals surface area (Å²) in [6, 6.07) is 7.91. The largest absolute Gasteiger partial charge is 0.480 e. The first-order valence-electron chi connectivity index (χ1n) is 17.6. The number of carbonyl (C=O) groups is 2. The maximum absolute atomic E-state index is 14.1. The first-order valence-corrected chi connectivity index (χ1v) is 17.6. The predicted molar refractivity (Wildman–Crippen MR) is 178 cm³/mol. The molecule has 1 saturated heterocycles. The van der Waals surface area contributed by atoms with Gasteiger partial charge in [-0.05, 0) is 132 Å². The Morgan fingerprint density at radius 2 is 2.07 bits per heavy atom. The highest BCUT2D eigenvalue weighted by molar-refractivity contribution is 6.11. The van der Waals surface area contributed by atoms with Gasteiger partial charge in [-0.2, -0.15) is 0 Å². The number of nitrogens with zero attached hydrogens (tertiary/aromatic N) is 3. The molecule has 0 unspecified atom stereocenters. The van der Waals surface area contributed by atoms with Crippen LogP contribution in [0.15, 0.2) is 24.3 Å². The number of rotatable bonds is 11. The minimum atomic E-state index is -0.855. The van der Waals surface area contributed by atoms with Crippen LogP contribution < -0.4 is 10.2 Å². The fourth-order valence-corrected chi connectivity index (χ4v) is 8.67. The summed E-state index contributed by atoms with van der Waals surface area (Å²) < 4.78 is 12.1. The van der Waals surface area contributed by atoms with E-state index in [1.807, 2.05) is 24.9 Å². The number of hydrogen-bond acceptors (Lipinski definition) is 7. The molecule has 3 fully saturated rings. The number of carbonyl (C=O) groups excluding carboxylic acids is 1. The number of benzene rings is 1. The molecule has 5 aliphatic rings. The van der Waals surface area contributed by atoms with Crippen LogP contribution in [0.1, 0.15) is 105 Å². The van der Waals surface area contributed by atoms with Crippen molar-refractivity contribution >= 4 is 23.4 Å². The number of unbranched alkanes of at least 4 members (excludes halogenated alkanes) is 1. The number of carboxylic acids is 1. The van der Waals surface area contributed by atoms with Gasteiger partial charge in [-0.25, -0.2) is 4.98 Å². The maximum atomic E-state index is 14.1. The second kappa shape index (κ2) is 12.9. The molecule has 46 heavy (non-hydrogen) atoms. The number of aryl methyl sites for hydroxylation is 3. The molecule has 1 spiro atoms. The van der Waals surface area contributed by atoms with E-state index in [-0.39, 0.29) is 30.2 Å². The van der Waals surface area contributed by atoms with Gasteiger partial charge in [-0.15, -0.1) is 0 Å². The zero-order chi connectivity index (χ0) is 32.0. The average Bonchev–Trinajstić information content (AvgIpc) is 3.62. The van der Waals surface area contributed by atoms with E-state index in [2.05, 4.69) is 35.3 Å². The molecule has 2 N–H and O–H groups in total. The van der Waals surface area contributed by atoms with Gasteiger partial charge in [0.2, 0.25) is 5.91 Å². The van der Waals surface area contributed by atoms with Gasteiger partial charge in [0, 0.05) is 43.2 Å². The van der Waals surface area contributed by atoms with Crippen LogP contribution in [0.4, 0.5) is 11.5 Å². The number of pyridine rings is 1. The molecule has 9 heteroatoms. The molecule has 1 aromatic carbocycles. The highest BCUT2D eigenvalue weighted by Crippen LogP contribution is 2.60. The minimum Gasteiger partial charge on any atom is -0.480 e. The Kier molecular flexibility index (Phi) is 8.85. The topological polar surface area (TPSA) is 104 Å². The Labute approximate surface area is 273 Å². The van der Waals surface area contributed by atoms with Crippen LogP contribution in [0.3, 0.4) is 0 Å². The van der Waals surface area contributed by atoms with Gasteiger partial charge in [0.05, 0.1) is 17.6 Å². The molecule has 248 valence electrons. The van der Waals surface area contributed by atoms with Crippen molar-refractivity contribution in [2.75, 3.05) is 37.0 Å². The van der Waals surface area contributed by atoms with Gasteiger partial charge < -0.3 is 24.8 Å². The van der Waals surface area contributed by atoms with E-state index in [9.17, 15) is 14.7 Å². The second-order valence-electron chi connectivity index (χ2n) is 14.5. The number of hydrogen-bond donors (Lipinski definition) is 2. The molecule has 1 amide bonds. The SMILES string of the molecule is Cc1cc([C@H](C(=O)O)N(C)[C@H]2CC[C@H](OCCCCc3ccc4c(n3)NCCC4)C2)c2c(c1)N([C@@H]1CCO[C@H](C)C1)C(=O)C21CC1. The van der Waals surface area contributed by atoms with Crippen LogP contribution >= 0.6 is 0 Å². The Balaban J connectivity index is 1.000. The van der Waals surface area contributed by atoms with Gasteiger partial charge in [0.1, 0.15) is 11.9 Å². The second-order valence-corrected chi connectivity index (χ2v) is 14.5. The molecular weight excluding hydrogens is 580 g/mol. The first kappa shape index (κ1) is 31.6. The summed E-state index contributed by atoms with van der Waals surface area (Å²) in [4.78, 5) is 36.0. The fraction of sp³-hybridized carbons (Fsp3) is 0.649. The van der Waals surface area contributed by atoms with Gasteiger partial charge in [-0.1, -0.05) is 12.1 Å². The summed E-state index contributed by atoms with van der Waals surface area (Å²) in [5.74, 6) is 0.363. The van der Waals surface area contributed by atoms with Crippen LogP contribution in [0.25, 0.3) is 0 Å². The number of nitrogens with one attached hydrogen (secondary N) is 1. The summed E-state index contributed by atoms with van der Waals surface area (Å²) in [7, 11) is 1.95. The number of amides is 1. The lowest BCUT2D eigenvalue weighted by Gasteiger charge is -2.35. The van der Waals surface area contributed by atoms with Gasteiger partial charge in [0.15, 0.2) is 0 Å². The van der Waals surface area contributed by atoms with Crippen LogP contribution in [0.5, 0.6) is 0 Å². The Bertz CT molecular complexity index is 1470. The van der Waals surface area contributed by atoms with Crippen molar-refractivity contribution < 1.29 is 24.2 Å². The summed E-state index contributed by atoms with van der Waals surface area (Å²) in [6.45, 7) is 6.45. The van der Waals surface area contributed by atoms with Crippen LogP contribution in [0, 0.1) is 6.92 Å². The molecule has 2 saturated carbocycles. The fourth-order valence-electron chi connectivity index (χ4n) is 8.67. The molecule has 0 radical (unpaired) electrons. The average molecular weight is 631 g/mol. The highest BCUT2D eigenvalue weighted by atomic mass is 16.5. The van der Waals surface area contributed by atoms with Crippen LogP contribution in [0.2, 0.25) is 0 Å². The third-order valence-corrected chi connectivity index (χ3v) is 11.2. The van der Waals surface area contributed by atoms with Crippen molar-refractivity contribution in [1.29, 1.82) is 0 Å². The standard InChI is InChI=1S/C37H50N4O5/c1-23-19-30(32-31(20-23)41(36(44)37(32)14-15-37)28-13-18-45-24(2)21-28)33(35(42)43)40(3)27-11-12-29(22-27)46-17-5-4-8-26-10-9-25-7-6-16-38-34(25)39-26/h9-10,19-20,24,27-29,33H,4-8,11-18,21-22H2,1-3H3,(H,38,39)(H,42,43)/t24-,27+,28-,29+,33-/m1/s1. The minimum absolute atomic E-state index is 0.0876. The van der Waals surface area contributed by atoms with Crippen molar-refractivity contribution in [2.45, 2.75) is 127 Å². The Morgan fingerprint density at radius 1 is 1.22 bits per heavy atom. The van der Waals surface area contributed by atoms with E-state index in [1.165, 1.54) is 12.0 Å². The van der Waals surface area contributed by atoms with Crippen molar-refractivity contribution in [1.82, 2.24) is 9.88 Å². The van der Waals surface area contributed by atoms with E-state index >= 15 is 0 Å². The first-order chi connectivity index (χ1) is 22.2. The molecule has 5 atom stereocenters. The van der Waals surface area contributed by atoms with E-state index in [0.29, 0.717) is 13.2 Å². The number of aliphatic carboxylic acids is 1. The van der Waals surface area contributed by atoms with Crippen molar-refractivity contribution in [2.24, 2.45) is 0 Å². The molecule has 1 aromatic heterocycles. The number of carboxylic acid groups (broad SMARTS) is 1. The van der Waals surface area contributed by atoms with Gasteiger partial charge in [0.25, 0.3) is 0 Å². The molecular formula is C37H50N4O5. The van der Waals surface area contributed by atoms with E-state index in [1.54, 1.807) is 0 Å². The van der Waals surface area contributed by atoms with Crippen LogP contribution in [-0.4, -0.2) is 78.0 Å². The van der Waals surface area contributed by atoms with E-state index in [0.717, 1.165) is 111 Å². The zero-order valence-corrected chi connectivity index (χ0v) is 27.7. The van der Waals surface area contributed by atoms with Crippen molar-refractivity contribution in [3.63, 3.8) is 0 Å². The normalized spacial score (nSPS) is 27.0. The van der Waals surface area contributed by atoms with Gasteiger partial charge >= 0.3 is 5.97 Å². The monoisotopic (exact) mass is 630 g/mol. The number of ether oxygens (including phenoxy) is 2. The third-order valence-electron chi connectivity index (χ3n) is 11.2. The molecule has 3 aliphatic heterocycles. The molecule has 9 nitrogen and oxygen atoms in total. The number of aromatic nitrogens is 1. The predicted octanol–water partition coefficient (Wildman–Crippen LogP) is 5.71. The lowest BCUT2D eigenvalue weighted by atomic mass is 9.87. The molecule has 2 aromatic rings. The summed E-state index contributed by atoms with van der Waals surface area (Å²) in [5, 5.41) is 14.1. The quantitative estimate of drug-likeness (QED) is 0.304. The summed E-state index contributed by atoms with van der Waals surface area (Å²) in [6.07, 6.45) is 11.3. The Morgan fingerprint density at radius 3 is 2.85 bits per heavy atom. The molecule has 0 bridgehead atoms. The third kappa shape index (κ3) is 5.95. The number of fused-ring (bicyclic) bond motifs is 3. The van der Waals surface area contributed by atoms with Gasteiger partial charge in [-0.3, -0.25) is 14.5 Å². The molecule has 4 heterocycles. The van der Waals surface area contributed by atoms with Crippen molar-refractivity contribution in [3.8, 4) is 0 Å². The smallest absolute Gasteiger partial charge is 0.325 e. The van der Waals surface area contributed by atoms with Crippen molar-refractivity contribution in [3.05, 3.63) is 52.2 Å². The zero-order valence-electron chi connectivity index (χ0n) is 27.7.